The Morgan fingerprint density at radius 3 is 2.76 bits per heavy atom. The summed E-state index contributed by atoms with van der Waals surface area (Å²) >= 11 is 0. The van der Waals surface area contributed by atoms with Crippen LogP contribution < -0.4 is 5.32 Å². The van der Waals surface area contributed by atoms with E-state index in [0.29, 0.717) is 6.54 Å². The largest absolute Gasteiger partial charge is 0.338 e. The normalized spacial score (nSPS) is 20.4. The van der Waals surface area contributed by atoms with Crippen LogP contribution in [0.3, 0.4) is 0 Å². The van der Waals surface area contributed by atoms with Crippen molar-refractivity contribution in [3.05, 3.63) is 18.2 Å². The Morgan fingerprint density at radius 1 is 1.47 bits per heavy atom. The van der Waals surface area contributed by atoms with Crippen LogP contribution in [0.1, 0.15) is 12.2 Å². The zero-order valence-corrected chi connectivity index (χ0v) is 10.0. The van der Waals surface area contributed by atoms with Crippen LogP contribution in [0.25, 0.3) is 0 Å². The van der Waals surface area contributed by atoms with E-state index >= 15 is 0 Å². The van der Waals surface area contributed by atoms with Gasteiger partial charge in [0.25, 0.3) is 0 Å². The summed E-state index contributed by atoms with van der Waals surface area (Å²) in [5.41, 5.74) is 0. The molecule has 1 unspecified atom stereocenters. The van der Waals surface area contributed by atoms with Crippen molar-refractivity contribution in [2.45, 2.75) is 18.9 Å². The Hall–Kier alpha value is -1.69. The second-order valence-corrected chi connectivity index (χ2v) is 4.21. The van der Waals surface area contributed by atoms with Crippen LogP contribution in [0.5, 0.6) is 0 Å². The average Bonchev–Trinajstić information content (AvgIpc) is 2.80. The number of hydrogen-bond acceptors (Lipinski definition) is 4. The first kappa shape index (κ1) is 11.8. The first-order chi connectivity index (χ1) is 8.09. The molecule has 0 aliphatic carbocycles. The van der Waals surface area contributed by atoms with E-state index in [1.165, 1.54) is 11.9 Å². The van der Waals surface area contributed by atoms with Gasteiger partial charge in [-0.2, -0.15) is 0 Å². The van der Waals surface area contributed by atoms with Crippen LogP contribution in [-0.4, -0.2) is 45.9 Å². The molecule has 1 fully saturated rings. The highest BCUT2D eigenvalue weighted by molar-refractivity contribution is 6.05. The molecule has 17 heavy (non-hydrogen) atoms. The Morgan fingerprint density at radius 2 is 2.24 bits per heavy atom. The van der Waals surface area contributed by atoms with Crippen LogP contribution >= 0.6 is 0 Å². The van der Waals surface area contributed by atoms with Crippen LogP contribution in [-0.2, 0) is 23.1 Å². The standard InChI is InChI=1S/C11H16N4O2/c1-14-6-5-13-9(14)3-4-12-8-7-10(16)15(2)11(8)17/h5-6,8,12H,3-4,7H2,1-2H3. The number of rotatable bonds is 4. The van der Waals surface area contributed by atoms with Crippen molar-refractivity contribution in [2.75, 3.05) is 13.6 Å². The fourth-order valence-electron chi connectivity index (χ4n) is 1.91. The second kappa shape index (κ2) is 4.67. The van der Waals surface area contributed by atoms with Gasteiger partial charge in [-0.3, -0.25) is 14.5 Å². The number of nitrogens with one attached hydrogen (secondary N) is 1. The number of aryl methyl sites for hydroxylation is 1. The number of carbonyl (C=O) groups excluding carboxylic acids is 2. The molecule has 0 bridgehead atoms. The van der Waals surface area contributed by atoms with Gasteiger partial charge < -0.3 is 9.88 Å². The topological polar surface area (TPSA) is 67.2 Å². The van der Waals surface area contributed by atoms with E-state index in [4.69, 9.17) is 0 Å². The van der Waals surface area contributed by atoms with Gasteiger partial charge in [0.1, 0.15) is 5.82 Å². The van der Waals surface area contributed by atoms with Crippen LogP contribution in [0.4, 0.5) is 0 Å². The summed E-state index contributed by atoms with van der Waals surface area (Å²) in [5, 5.41) is 3.09. The first-order valence-corrected chi connectivity index (χ1v) is 5.59. The van der Waals surface area contributed by atoms with E-state index in [-0.39, 0.29) is 24.3 Å². The van der Waals surface area contributed by atoms with Crippen LogP contribution in [0.2, 0.25) is 0 Å². The minimum atomic E-state index is -0.368. The quantitative estimate of drug-likeness (QED) is 0.703. The van der Waals surface area contributed by atoms with E-state index in [1.807, 2.05) is 17.8 Å². The molecular weight excluding hydrogens is 220 g/mol. The predicted molar refractivity (Wildman–Crippen MR) is 61.1 cm³/mol. The number of carbonyl (C=O) groups is 2. The highest BCUT2D eigenvalue weighted by Crippen LogP contribution is 2.10. The fourth-order valence-corrected chi connectivity index (χ4v) is 1.91. The molecule has 1 aromatic rings. The van der Waals surface area contributed by atoms with E-state index in [1.54, 1.807) is 6.20 Å². The molecule has 1 atom stereocenters. The SMILES string of the molecule is CN1C(=O)CC(NCCc2nccn2C)C1=O. The highest BCUT2D eigenvalue weighted by atomic mass is 16.2. The molecule has 2 heterocycles. The molecule has 2 amide bonds. The van der Waals surface area contributed by atoms with Gasteiger partial charge in [-0.25, -0.2) is 4.98 Å². The van der Waals surface area contributed by atoms with Gasteiger partial charge in [0.05, 0.1) is 12.5 Å². The molecule has 6 nitrogen and oxygen atoms in total. The molecule has 92 valence electrons. The van der Waals surface area contributed by atoms with E-state index in [9.17, 15) is 9.59 Å². The summed E-state index contributed by atoms with van der Waals surface area (Å²) in [5.74, 6) is 0.696. The van der Waals surface area contributed by atoms with Gasteiger partial charge in [-0.05, 0) is 0 Å². The van der Waals surface area contributed by atoms with Gasteiger partial charge in [0.15, 0.2) is 0 Å². The molecular formula is C11H16N4O2. The Kier molecular flexibility index (Phi) is 3.23. The Balaban J connectivity index is 1.82. The maximum absolute atomic E-state index is 11.6. The third-order valence-corrected chi connectivity index (χ3v) is 3.04. The van der Waals surface area contributed by atoms with Crippen molar-refractivity contribution in [1.29, 1.82) is 0 Å². The summed E-state index contributed by atoms with van der Waals surface area (Å²) in [7, 11) is 3.45. The molecule has 6 heteroatoms. The lowest BCUT2D eigenvalue weighted by Crippen LogP contribution is -2.38. The first-order valence-electron chi connectivity index (χ1n) is 5.59. The van der Waals surface area contributed by atoms with Crippen molar-refractivity contribution >= 4 is 11.8 Å². The van der Waals surface area contributed by atoms with Gasteiger partial charge in [-0.1, -0.05) is 0 Å². The number of amides is 2. The van der Waals surface area contributed by atoms with Gasteiger partial charge in [0, 0.05) is 39.5 Å². The number of nitrogens with zero attached hydrogens (tertiary/aromatic N) is 3. The summed E-state index contributed by atoms with van der Waals surface area (Å²) in [6.45, 7) is 0.641. The highest BCUT2D eigenvalue weighted by Gasteiger charge is 2.35. The third kappa shape index (κ3) is 2.36. The van der Waals surface area contributed by atoms with Gasteiger partial charge >= 0.3 is 0 Å². The third-order valence-electron chi connectivity index (χ3n) is 3.04. The lowest BCUT2D eigenvalue weighted by atomic mass is 10.2. The summed E-state index contributed by atoms with van der Waals surface area (Å²) in [6.07, 6.45) is 4.63. The maximum Gasteiger partial charge on any atom is 0.246 e. The lowest BCUT2D eigenvalue weighted by molar-refractivity contribution is -0.137. The minimum Gasteiger partial charge on any atom is -0.338 e. The minimum absolute atomic E-state index is 0.121. The molecule has 1 saturated heterocycles. The van der Waals surface area contributed by atoms with Crippen molar-refractivity contribution in [2.24, 2.45) is 7.05 Å². The van der Waals surface area contributed by atoms with Crippen molar-refractivity contribution < 1.29 is 9.59 Å². The number of hydrogen-bond donors (Lipinski definition) is 1. The van der Waals surface area contributed by atoms with Crippen LogP contribution in [0, 0.1) is 0 Å². The molecule has 1 aromatic heterocycles. The second-order valence-electron chi connectivity index (χ2n) is 4.21. The number of aromatic nitrogens is 2. The summed E-state index contributed by atoms with van der Waals surface area (Å²) in [4.78, 5) is 28.3. The summed E-state index contributed by atoms with van der Waals surface area (Å²) in [6, 6.07) is -0.368. The predicted octanol–water partition coefficient (Wildman–Crippen LogP) is -0.690. The number of likely N-dealkylation sites (tertiary alicyclic amines) is 1. The molecule has 0 saturated carbocycles. The zero-order chi connectivity index (χ0) is 12.4. The van der Waals surface area contributed by atoms with Crippen LogP contribution in [0.15, 0.2) is 12.4 Å². The monoisotopic (exact) mass is 236 g/mol. The maximum atomic E-state index is 11.6. The molecule has 2 rings (SSSR count). The smallest absolute Gasteiger partial charge is 0.246 e. The van der Waals surface area contributed by atoms with Gasteiger partial charge in [-0.15, -0.1) is 0 Å². The number of imide groups is 1. The Labute approximate surface area is 99.6 Å². The van der Waals surface area contributed by atoms with E-state index < -0.39 is 0 Å². The molecule has 1 aliphatic rings. The number of imidazole rings is 1. The summed E-state index contributed by atoms with van der Waals surface area (Å²) < 4.78 is 1.94. The molecule has 1 aliphatic heterocycles. The van der Waals surface area contributed by atoms with E-state index in [2.05, 4.69) is 10.3 Å². The number of likely N-dealkylation sites (N-methyl/N-ethyl adjacent to an activating group) is 1. The average molecular weight is 236 g/mol. The van der Waals surface area contributed by atoms with Crippen molar-refractivity contribution in [1.82, 2.24) is 19.8 Å². The molecule has 0 spiro atoms. The van der Waals surface area contributed by atoms with Crippen molar-refractivity contribution in [3.8, 4) is 0 Å². The Bertz CT molecular complexity index is 440. The molecule has 1 N–H and O–H groups in total. The van der Waals surface area contributed by atoms with E-state index in [0.717, 1.165) is 12.2 Å². The molecule has 0 radical (unpaired) electrons. The van der Waals surface area contributed by atoms with Gasteiger partial charge in [0.2, 0.25) is 11.8 Å². The zero-order valence-electron chi connectivity index (χ0n) is 10.0. The van der Waals surface area contributed by atoms with Crippen molar-refractivity contribution in [3.63, 3.8) is 0 Å². The lowest BCUT2D eigenvalue weighted by Gasteiger charge is -2.10. The molecule has 0 aromatic carbocycles. The fraction of sp³-hybridized carbons (Fsp3) is 0.545.